The molecule has 8 nitrogen and oxygen atoms in total. The Balaban J connectivity index is 2.17. The Morgan fingerprint density at radius 2 is 2.05 bits per heavy atom. The first-order valence-electron chi connectivity index (χ1n) is 6.00. The molecule has 0 fully saturated rings. The summed E-state index contributed by atoms with van der Waals surface area (Å²) in [6, 6.07) is 2.82. The number of rotatable bonds is 5. The van der Waals surface area contributed by atoms with Gasteiger partial charge in [-0.1, -0.05) is 0 Å². The molecule has 0 aliphatic carbocycles. The molecular weight excluding hydrogens is 268 g/mol. The number of fused-ring (bicyclic) bond motifs is 1. The summed E-state index contributed by atoms with van der Waals surface area (Å²) in [4.78, 5) is 21.5. The van der Waals surface area contributed by atoms with Gasteiger partial charge in [0.25, 0.3) is 5.69 Å². The van der Waals surface area contributed by atoms with Gasteiger partial charge in [-0.3, -0.25) is 14.9 Å². The van der Waals surface area contributed by atoms with Crippen molar-refractivity contribution in [3.05, 3.63) is 22.2 Å². The molecule has 0 atom stereocenters. The third kappa shape index (κ3) is 3.08. The van der Waals surface area contributed by atoms with Gasteiger partial charge < -0.3 is 19.5 Å². The van der Waals surface area contributed by atoms with E-state index >= 15 is 0 Å². The summed E-state index contributed by atoms with van der Waals surface area (Å²) in [7, 11) is 1.29. The molecule has 2 rings (SSSR count). The number of carbonyl (C=O) groups excluding carboxylic acids is 1. The van der Waals surface area contributed by atoms with Gasteiger partial charge in [0.1, 0.15) is 18.9 Å². The fourth-order valence-electron chi connectivity index (χ4n) is 1.77. The summed E-state index contributed by atoms with van der Waals surface area (Å²) < 4.78 is 15.2. The highest BCUT2D eigenvalue weighted by molar-refractivity contribution is 5.72. The van der Waals surface area contributed by atoms with Crippen molar-refractivity contribution in [2.24, 2.45) is 0 Å². The van der Waals surface area contributed by atoms with E-state index in [2.05, 4.69) is 10.1 Å². The first kappa shape index (κ1) is 13.9. The summed E-state index contributed by atoms with van der Waals surface area (Å²) in [6.07, 6.45) is 0.113. The van der Waals surface area contributed by atoms with Crippen LogP contribution in [0, 0.1) is 10.1 Å². The monoisotopic (exact) mass is 282 g/mol. The van der Waals surface area contributed by atoms with Crippen molar-refractivity contribution in [3.63, 3.8) is 0 Å². The van der Waals surface area contributed by atoms with Crippen LogP contribution in [0.2, 0.25) is 0 Å². The standard InChI is InChI=1S/C12H14N2O6/c1-18-12(15)2-3-13-8-6-10-11(20-5-4-19-10)7-9(8)14(16)17/h6-7,13H,2-5H2,1H3. The van der Waals surface area contributed by atoms with E-state index in [1.165, 1.54) is 19.2 Å². The average molecular weight is 282 g/mol. The van der Waals surface area contributed by atoms with Gasteiger partial charge in [0.05, 0.1) is 24.5 Å². The maximum Gasteiger partial charge on any atom is 0.307 e. The van der Waals surface area contributed by atoms with E-state index in [1.807, 2.05) is 0 Å². The van der Waals surface area contributed by atoms with Crippen LogP contribution in [0.25, 0.3) is 0 Å². The van der Waals surface area contributed by atoms with Crippen LogP contribution in [0.1, 0.15) is 6.42 Å². The van der Waals surface area contributed by atoms with Gasteiger partial charge in [0.2, 0.25) is 0 Å². The maximum absolute atomic E-state index is 11.0. The number of hydrogen-bond acceptors (Lipinski definition) is 7. The Bertz CT molecular complexity index is 531. The predicted octanol–water partition coefficient (Wildman–Crippen LogP) is 1.34. The summed E-state index contributed by atoms with van der Waals surface area (Å²) >= 11 is 0. The zero-order chi connectivity index (χ0) is 14.5. The van der Waals surface area contributed by atoms with Gasteiger partial charge >= 0.3 is 5.97 Å². The van der Waals surface area contributed by atoms with Gasteiger partial charge in [-0.15, -0.1) is 0 Å². The van der Waals surface area contributed by atoms with Crippen molar-refractivity contribution in [1.29, 1.82) is 0 Å². The highest BCUT2D eigenvalue weighted by Crippen LogP contribution is 2.39. The molecule has 0 bridgehead atoms. The molecule has 1 heterocycles. The Hall–Kier alpha value is -2.51. The minimum atomic E-state index is -0.515. The molecule has 1 aromatic carbocycles. The molecule has 0 spiro atoms. The average Bonchev–Trinajstić information content (AvgIpc) is 2.46. The molecule has 1 aromatic rings. The smallest absolute Gasteiger partial charge is 0.307 e. The lowest BCUT2D eigenvalue weighted by atomic mass is 10.2. The third-order valence-electron chi connectivity index (χ3n) is 2.73. The number of nitrogens with one attached hydrogen (secondary N) is 1. The minimum absolute atomic E-state index is 0.113. The van der Waals surface area contributed by atoms with Crippen molar-refractivity contribution in [2.45, 2.75) is 6.42 Å². The second-order valence-corrected chi connectivity index (χ2v) is 4.02. The van der Waals surface area contributed by atoms with Crippen LogP contribution in [-0.2, 0) is 9.53 Å². The van der Waals surface area contributed by atoms with E-state index in [1.54, 1.807) is 0 Å². The number of nitro groups is 1. The highest BCUT2D eigenvalue weighted by atomic mass is 16.6. The molecule has 0 aromatic heterocycles. The second-order valence-electron chi connectivity index (χ2n) is 4.02. The number of nitro benzene ring substituents is 1. The molecule has 0 unspecified atom stereocenters. The molecule has 20 heavy (non-hydrogen) atoms. The van der Waals surface area contributed by atoms with Crippen LogP contribution >= 0.6 is 0 Å². The molecule has 1 aliphatic rings. The number of ether oxygens (including phenoxy) is 3. The number of carbonyl (C=O) groups is 1. The molecular formula is C12H14N2O6. The summed E-state index contributed by atoms with van der Waals surface area (Å²) in [5, 5.41) is 13.9. The molecule has 1 N–H and O–H groups in total. The largest absolute Gasteiger partial charge is 0.486 e. The van der Waals surface area contributed by atoms with Crippen LogP contribution in [0.4, 0.5) is 11.4 Å². The fraction of sp³-hybridized carbons (Fsp3) is 0.417. The molecule has 0 radical (unpaired) electrons. The van der Waals surface area contributed by atoms with Crippen molar-refractivity contribution in [3.8, 4) is 11.5 Å². The second kappa shape index (κ2) is 6.09. The number of hydrogen-bond donors (Lipinski definition) is 1. The Morgan fingerprint density at radius 1 is 1.40 bits per heavy atom. The van der Waals surface area contributed by atoms with E-state index in [9.17, 15) is 14.9 Å². The van der Waals surface area contributed by atoms with Crippen molar-refractivity contribution < 1.29 is 23.9 Å². The Labute approximate surface area is 114 Å². The molecule has 0 saturated heterocycles. The predicted molar refractivity (Wildman–Crippen MR) is 69.2 cm³/mol. The number of benzene rings is 1. The number of esters is 1. The first-order valence-corrected chi connectivity index (χ1v) is 6.00. The van der Waals surface area contributed by atoms with Crippen LogP contribution in [0.3, 0.4) is 0 Å². The molecule has 0 amide bonds. The molecule has 108 valence electrons. The van der Waals surface area contributed by atoms with Crippen LogP contribution in [0.5, 0.6) is 11.5 Å². The van der Waals surface area contributed by atoms with Gasteiger partial charge in [0, 0.05) is 12.6 Å². The third-order valence-corrected chi connectivity index (χ3v) is 2.73. The van der Waals surface area contributed by atoms with Crippen LogP contribution in [0.15, 0.2) is 12.1 Å². The van der Waals surface area contributed by atoms with Crippen LogP contribution in [-0.4, -0.2) is 37.8 Å². The molecule has 8 heteroatoms. The maximum atomic E-state index is 11.0. The van der Waals surface area contributed by atoms with Crippen LogP contribution < -0.4 is 14.8 Å². The van der Waals surface area contributed by atoms with Gasteiger partial charge in [-0.05, 0) is 0 Å². The lowest BCUT2D eigenvalue weighted by molar-refractivity contribution is -0.384. The molecule has 1 aliphatic heterocycles. The lowest BCUT2D eigenvalue weighted by Gasteiger charge is -2.19. The summed E-state index contributed by atoms with van der Waals surface area (Å²) in [6.45, 7) is 0.985. The summed E-state index contributed by atoms with van der Waals surface area (Å²) in [5.41, 5.74) is 0.155. The lowest BCUT2D eigenvalue weighted by Crippen LogP contribution is -2.16. The highest BCUT2D eigenvalue weighted by Gasteiger charge is 2.22. The van der Waals surface area contributed by atoms with E-state index in [0.29, 0.717) is 24.7 Å². The Kier molecular flexibility index (Phi) is 4.24. The minimum Gasteiger partial charge on any atom is -0.486 e. The quantitative estimate of drug-likeness (QED) is 0.494. The number of methoxy groups -OCH3 is 1. The molecule has 0 saturated carbocycles. The number of nitrogens with zero attached hydrogens (tertiary/aromatic N) is 1. The van der Waals surface area contributed by atoms with E-state index < -0.39 is 10.9 Å². The van der Waals surface area contributed by atoms with Gasteiger partial charge in [0.15, 0.2) is 11.5 Å². The Morgan fingerprint density at radius 3 is 2.65 bits per heavy atom. The fourth-order valence-corrected chi connectivity index (χ4v) is 1.77. The SMILES string of the molecule is COC(=O)CCNc1cc2c(cc1[N+](=O)[O-])OCCO2. The van der Waals surface area contributed by atoms with Gasteiger partial charge in [-0.2, -0.15) is 0 Å². The first-order chi connectivity index (χ1) is 9.61. The van der Waals surface area contributed by atoms with Crippen molar-refractivity contribution in [1.82, 2.24) is 0 Å². The van der Waals surface area contributed by atoms with E-state index in [4.69, 9.17) is 9.47 Å². The summed E-state index contributed by atoms with van der Waals surface area (Å²) in [5.74, 6) is 0.404. The zero-order valence-corrected chi connectivity index (χ0v) is 10.9. The van der Waals surface area contributed by atoms with E-state index in [0.717, 1.165) is 0 Å². The van der Waals surface area contributed by atoms with Crippen molar-refractivity contribution >= 4 is 17.3 Å². The van der Waals surface area contributed by atoms with E-state index in [-0.39, 0.29) is 24.3 Å². The van der Waals surface area contributed by atoms with Gasteiger partial charge in [-0.25, -0.2) is 0 Å². The zero-order valence-electron chi connectivity index (χ0n) is 10.9. The topological polar surface area (TPSA) is 99.9 Å². The normalized spacial score (nSPS) is 12.7. The van der Waals surface area contributed by atoms with Crippen molar-refractivity contribution in [2.75, 3.05) is 32.2 Å². The number of anilines is 1.